The number of urea groups is 1. The van der Waals surface area contributed by atoms with E-state index in [1.165, 1.54) is 5.75 Å². The van der Waals surface area contributed by atoms with Crippen molar-refractivity contribution in [2.45, 2.75) is 50.6 Å². The summed E-state index contributed by atoms with van der Waals surface area (Å²) >= 11 is 1.86. The van der Waals surface area contributed by atoms with E-state index in [2.05, 4.69) is 10.6 Å². The highest BCUT2D eigenvalue weighted by molar-refractivity contribution is 7.99. The minimum absolute atomic E-state index is 0.203. The summed E-state index contributed by atoms with van der Waals surface area (Å²) in [6.45, 7) is 0. The maximum absolute atomic E-state index is 11.9. The number of hydrogen-bond acceptors (Lipinski definition) is 3. The monoisotopic (exact) mass is 286 g/mol. The highest BCUT2D eigenvalue weighted by Gasteiger charge is 2.32. The summed E-state index contributed by atoms with van der Waals surface area (Å²) in [6.07, 6.45) is 5.53. The van der Waals surface area contributed by atoms with Crippen molar-refractivity contribution in [3.05, 3.63) is 0 Å². The average molecular weight is 286 g/mol. The molecular weight excluding hydrogens is 264 g/mol. The Hall–Kier alpha value is -0.910. The SMILES string of the molecule is O=C(NC1CCCSC1)NC1CCCCC1C(=O)O. The Kier molecular flexibility index (Phi) is 5.36. The maximum Gasteiger partial charge on any atom is 0.315 e. The van der Waals surface area contributed by atoms with Crippen LogP contribution in [0.4, 0.5) is 4.79 Å². The van der Waals surface area contributed by atoms with Crippen LogP contribution in [0.1, 0.15) is 38.5 Å². The Balaban J connectivity index is 1.80. The third kappa shape index (κ3) is 4.30. The van der Waals surface area contributed by atoms with E-state index in [0.29, 0.717) is 6.42 Å². The molecule has 108 valence electrons. The van der Waals surface area contributed by atoms with Crippen LogP contribution in [0.15, 0.2) is 0 Å². The topological polar surface area (TPSA) is 78.4 Å². The molecule has 0 radical (unpaired) electrons. The van der Waals surface area contributed by atoms with Crippen molar-refractivity contribution in [2.24, 2.45) is 5.92 Å². The lowest BCUT2D eigenvalue weighted by Gasteiger charge is -2.30. The normalized spacial score (nSPS) is 31.5. The average Bonchev–Trinajstić information content (AvgIpc) is 2.40. The van der Waals surface area contributed by atoms with Crippen molar-refractivity contribution in [1.82, 2.24) is 10.6 Å². The van der Waals surface area contributed by atoms with Gasteiger partial charge in [0.05, 0.1) is 5.92 Å². The van der Waals surface area contributed by atoms with Gasteiger partial charge in [0.1, 0.15) is 0 Å². The predicted octanol–water partition coefficient (Wildman–Crippen LogP) is 1.82. The first-order chi connectivity index (χ1) is 9.16. The van der Waals surface area contributed by atoms with Gasteiger partial charge in [-0.1, -0.05) is 12.8 Å². The quantitative estimate of drug-likeness (QED) is 0.739. The fourth-order valence-corrected chi connectivity index (χ4v) is 3.92. The molecule has 1 heterocycles. The number of rotatable bonds is 3. The number of carbonyl (C=O) groups excluding carboxylic acids is 1. The minimum Gasteiger partial charge on any atom is -0.481 e. The summed E-state index contributed by atoms with van der Waals surface area (Å²) in [5.74, 6) is 0.905. The third-order valence-corrected chi connectivity index (χ3v) is 5.11. The molecule has 2 aliphatic rings. The number of amides is 2. The summed E-state index contributed by atoms with van der Waals surface area (Å²) < 4.78 is 0. The van der Waals surface area contributed by atoms with E-state index in [1.54, 1.807) is 0 Å². The second kappa shape index (κ2) is 7.03. The van der Waals surface area contributed by atoms with E-state index in [4.69, 9.17) is 5.11 Å². The summed E-state index contributed by atoms with van der Waals surface area (Å²) in [5, 5.41) is 15.0. The highest BCUT2D eigenvalue weighted by Crippen LogP contribution is 2.24. The lowest BCUT2D eigenvalue weighted by molar-refractivity contribution is -0.143. The van der Waals surface area contributed by atoms with Gasteiger partial charge in [-0.3, -0.25) is 4.79 Å². The van der Waals surface area contributed by atoms with Gasteiger partial charge in [0, 0.05) is 17.8 Å². The lowest BCUT2D eigenvalue weighted by Crippen LogP contribution is -2.51. The van der Waals surface area contributed by atoms with Crippen LogP contribution >= 0.6 is 11.8 Å². The second-order valence-corrected chi connectivity index (χ2v) is 6.52. The molecule has 3 N–H and O–H groups in total. The molecule has 1 aliphatic heterocycles. The zero-order chi connectivity index (χ0) is 13.7. The first-order valence-electron chi connectivity index (χ1n) is 7.04. The largest absolute Gasteiger partial charge is 0.481 e. The Morgan fingerprint density at radius 3 is 2.53 bits per heavy atom. The van der Waals surface area contributed by atoms with E-state index in [-0.39, 0.29) is 18.1 Å². The molecule has 19 heavy (non-hydrogen) atoms. The maximum atomic E-state index is 11.9. The van der Waals surface area contributed by atoms with Gasteiger partial charge in [-0.05, 0) is 31.4 Å². The van der Waals surface area contributed by atoms with Crippen LogP contribution in [0.5, 0.6) is 0 Å². The van der Waals surface area contributed by atoms with Crippen LogP contribution in [-0.2, 0) is 4.79 Å². The van der Waals surface area contributed by atoms with Gasteiger partial charge in [0.2, 0.25) is 0 Å². The van der Waals surface area contributed by atoms with Gasteiger partial charge in [0.15, 0.2) is 0 Å². The van der Waals surface area contributed by atoms with E-state index in [0.717, 1.165) is 37.9 Å². The van der Waals surface area contributed by atoms with Crippen molar-refractivity contribution in [2.75, 3.05) is 11.5 Å². The Morgan fingerprint density at radius 1 is 1.05 bits per heavy atom. The molecule has 2 fully saturated rings. The first-order valence-corrected chi connectivity index (χ1v) is 8.20. The number of carboxylic acids is 1. The highest BCUT2D eigenvalue weighted by atomic mass is 32.2. The molecule has 6 heteroatoms. The molecule has 3 unspecified atom stereocenters. The molecule has 1 aliphatic carbocycles. The Labute approximate surface area is 117 Å². The molecule has 1 saturated heterocycles. The van der Waals surface area contributed by atoms with Gasteiger partial charge in [-0.2, -0.15) is 11.8 Å². The van der Waals surface area contributed by atoms with Crippen LogP contribution in [0.3, 0.4) is 0 Å². The first kappa shape index (κ1) is 14.5. The molecule has 3 atom stereocenters. The van der Waals surface area contributed by atoms with Gasteiger partial charge < -0.3 is 15.7 Å². The molecule has 0 aromatic carbocycles. The van der Waals surface area contributed by atoms with Crippen molar-refractivity contribution in [1.29, 1.82) is 0 Å². The Morgan fingerprint density at radius 2 is 1.84 bits per heavy atom. The van der Waals surface area contributed by atoms with Crippen LogP contribution < -0.4 is 10.6 Å². The molecule has 0 aromatic heterocycles. The summed E-state index contributed by atoms with van der Waals surface area (Å²) in [4.78, 5) is 23.1. The van der Waals surface area contributed by atoms with E-state index >= 15 is 0 Å². The lowest BCUT2D eigenvalue weighted by atomic mass is 9.84. The standard InChI is InChI=1S/C13H22N2O3S/c16-12(17)10-5-1-2-6-11(10)15-13(18)14-9-4-3-7-19-8-9/h9-11H,1-8H2,(H,16,17)(H2,14,15,18). The molecule has 0 aromatic rings. The fourth-order valence-electron chi connectivity index (χ4n) is 2.85. The van der Waals surface area contributed by atoms with Crippen molar-refractivity contribution in [3.63, 3.8) is 0 Å². The van der Waals surface area contributed by atoms with Crippen molar-refractivity contribution < 1.29 is 14.7 Å². The number of carboxylic acid groups (broad SMARTS) is 1. The molecule has 1 saturated carbocycles. The van der Waals surface area contributed by atoms with Crippen molar-refractivity contribution in [3.8, 4) is 0 Å². The van der Waals surface area contributed by atoms with Gasteiger partial charge in [0.25, 0.3) is 0 Å². The smallest absolute Gasteiger partial charge is 0.315 e. The molecule has 0 spiro atoms. The zero-order valence-electron chi connectivity index (χ0n) is 11.1. The number of carbonyl (C=O) groups is 2. The third-order valence-electron chi connectivity index (χ3n) is 3.90. The van der Waals surface area contributed by atoms with Gasteiger partial charge in [-0.25, -0.2) is 4.79 Å². The van der Waals surface area contributed by atoms with Crippen LogP contribution in [0, 0.1) is 5.92 Å². The number of hydrogen-bond donors (Lipinski definition) is 3. The molecule has 2 amide bonds. The van der Waals surface area contributed by atoms with Crippen LogP contribution in [0.2, 0.25) is 0 Å². The molecule has 2 rings (SSSR count). The number of nitrogens with one attached hydrogen (secondary N) is 2. The fraction of sp³-hybridized carbons (Fsp3) is 0.846. The van der Waals surface area contributed by atoms with Crippen molar-refractivity contribution >= 4 is 23.8 Å². The van der Waals surface area contributed by atoms with Gasteiger partial charge >= 0.3 is 12.0 Å². The molecule has 5 nitrogen and oxygen atoms in total. The Bertz CT molecular complexity index is 332. The second-order valence-electron chi connectivity index (χ2n) is 5.37. The molecule has 0 bridgehead atoms. The summed E-state index contributed by atoms with van der Waals surface area (Å²) in [7, 11) is 0. The number of thioether (sulfide) groups is 1. The van der Waals surface area contributed by atoms with Crippen LogP contribution in [0.25, 0.3) is 0 Å². The number of aliphatic carboxylic acids is 1. The summed E-state index contributed by atoms with van der Waals surface area (Å²) in [5.41, 5.74) is 0. The van der Waals surface area contributed by atoms with Gasteiger partial charge in [-0.15, -0.1) is 0 Å². The summed E-state index contributed by atoms with van der Waals surface area (Å²) in [6, 6.07) is -0.196. The van der Waals surface area contributed by atoms with Crippen LogP contribution in [-0.4, -0.2) is 40.7 Å². The minimum atomic E-state index is -0.793. The zero-order valence-corrected chi connectivity index (χ0v) is 11.9. The molecular formula is C13H22N2O3S. The van der Waals surface area contributed by atoms with E-state index in [9.17, 15) is 9.59 Å². The van der Waals surface area contributed by atoms with E-state index < -0.39 is 11.9 Å². The van der Waals surface area contributed by atoms with E-state index in [1.807, 2.05) is 11.8 Å². The predicted molar refractivity (Wildman–Crippen MR) is 75.4 cm³/mol.